The molecule has 2 atom stereocenters. The summed E-state index contributed by atoms with van der Waals surface area (Å²) in [5, 5.41) is 14.6. The fourth-order valence-corrected chi connectivity index (χ4v) is 7.35. The summed E-state index contributed by atoms with van der Waals surface area (Å²) in [4.78, 5) is 49.8. The number of hydrazine groups is 1. The maximum absolute atomic E-state index is 14.3. The van der Waals surface area contributed by atoms with Crippen molar-refractivity contribution in [3.8, 4) is 0 Å². The van der Waals surface area contributed by atoms with Crippen LogP contribution in [0.3, 0.4) is 0 Å². The lowest BCUT2D eigenvalue weighted by molar-refractivity contribution is -0.158. The van der Waals surface area contributed by atoms with Crippen molar-refractivity contribution in [3.05, 3.63) is 89.4 Å². The predicted molar refractivity (Wildman–Crippen MR) is 176 cm³/mol. The van der Waals surface area contributed by atoms with E-state index in [-0.39, 0.29) is 49.9 Å². The monoisotopic (exact) mass is 655 g/mol. The fraction of sp³-hybridized carbons (Fsp3) is 0.303. The number of amides is 4. The number of para-hydroxylation sites is 1. The molecule has 47 heavy (non-hydrogen) atoms. The van der Waals surface area contributed by atoms with E-state index in [1.165, 1.54) is 23.5 Å². The van der Waals surface area contributed by atoms with Crippen LogP contribution < -0.4 is 11.1 Å². The second-order valence-corrected chi connectivity index (χ2v) is 13.2. The van der Waals surface area contributed by atoms with Crippen molar-refractivity contribution in [2.24, 2.45) is 0 Å². The predicted octanol–water partition coefficient (Wildman–Crippen LogP) is 3.85. The van der Waals surface area contributed by atoms with Gasteiger partial charge in [-0.15, -0.1) is 0 Å². The van der Waals surface area contributed by atoms with Crippen LogP contribution in [0.5, 0.6) is 0 Å². The van der Waals surface area contributed by atoms with Gasteiger partial charge in [-0.3, -0.25) is 19.7 Å². The lowest BCUT2D eigenvalue weighted by Crippen LogP contribution is -2.66. The second kappa shape index (κ2) is 12.3. The molecular formula is C33H34FN9O3S. The van der Waals surface area contributed by atoms with Gasteiger partial charge in [-0.05, 0) is 60.9 Å². The third-order valence-corrected chi connectivity index (χ3v) is 9.56. The molecule has 4 N–H and O–H groups in total. The Labute approximate surface area is 273 Å². The Morgan fingerprint density at radius 1 is 1.15 bits per heavy atom. The van der Waals surface area contributed by atoms with E-state index in [4.69, 9.17) is 5.73 Å². The quantitative estimate of drug-likeness (QED) is 0.230. The van der Waals surface area contributed by atoms with Gasteiger partial charge in [0.25, 0.3) is 0 Å². The van der Waals surface area contributed by atoms with Crippen molar-refractivity contribution < 1.29 is 18.8 Å². The van der Waals surface area contributed by atoms with Crippen molar-refractivity contribution in [3.63, 3.8) is 0 Å². The number of benzene rings is 3. The number of thiazole rings is 1. The molecule has 0 bridgehead atoms. The van der Waals surface area contributed by atoms with Crippen LogP contribution in [0, 0.1) is 5.82 Å². The van der Waals surface area contributed by atoms with Crippen molar-refractivity contribution >= 4 is 55.4 Å². The van der Waals surface area contributed by atoms with Gasteiger partial charge in [-0.25, -0.2) is 14.2 Å². The summed E-state index contributed by atoms with van der Waals surface area (Å²) < 4.78 is 14.4. The molecule has 0 radical (unpaired) electrons. The zero-order chi connectivity index (χ0) is 32.8. The lowest BCUT2D eigenvalue weighted by atomic mass is 9.99. The van der Waals surface area contributed by atoms with E-state index in [1.54, 1.807) is 38.1 Å². The van der Waals surface area contributed by atoms with Crippen LogP contribution in [0.2, 0.25) is 0 Å². The molecule has 0 spiro atoms. The van der Waals surface area contributed by atoms with Gasteiger partial charge in [0.15, 0.2) is 5.13 Å². The van der Waals surface area contributed by atoms with E-state index in [1.807, 2.05) is 50.2 Å². The number of rotatable bonds is 8. The smallest absolute Gasteiger partial charge is 0.332 e. The van der Waals surface area contributed by atoms with Crippen LogP contribution in [0.1, 0.15) is 30.5 Å². The first-order valence-electron chi connectivity index (χ1n) is 15.4. The van der Waals surface area contributed by atoms with E-state index < -0.39 is 18.2 Å². The number of nitrogens with zero attached hydrogens (tertiary/aromatic N) is 6. The van der Waals surface area contributed by atoms with Gasteiger partial charge in [0.2, 0.25) is 11.8 Å². The number of nitrogens with one attached hydrogen (secondary N) is 2. The highest BCUT2D eigenvalue weighted by molar-refractivity contribution is 7.22. The van der Waals surface area contributed by atoms with E-state index in [2.05, 4.69) is 20.5 Å². The summed E-state index contributed by atoms with van der Waals surface area (Å²) in [7, 11) is 0. The van der Waals surface area contributed by atoms with E-state index in [9.17, 15) is 18.8 Å². The molecule has 2 aliphatic heterocycles. The Hall–Kier alpha value is -5.08. The minimum absolute atomic E-state index is 0.0661. The minimum atomic E-state index is -0.799. The van der Waals surface area contributed by atoms with Gasteiger partial charge in [0.1, 0.15) is 18.0 Å². The molecule has 0 saturated carbocycles. The second-order valence-electron chi connectivity index (χ2n) is 12.1. The zero-order valence-corrected chi connectivity index (χ0v) is 26.7. The minimum Gasteiger partial charge on any atom is -0.375 e. The highest BCUT2D eigenvalue weighted by Crippen LogP contribution is 2.33. The molecule has 14 heteroatoms. The maximum Gasteiger partial charge on any atom is 0.332 e. The van der Waals surface area contributed by atoms with Crippen molar-refractivity contribution in [1.82, 2.24) is 40.3 Å². The first-order chi connectivity index (χ1) is 22.7. The van der Waals surface area contributed by atoms with Crippen LogP contribution in [-0.2, 0) is 29.1 Å². The summed E-state index contributed by atoms with van der Waals surface area (Å²) in [6.07, 6.45) is 1.42. The molecule has 7 rings (SSSR count). The molecule has 12 nitrogen and oxygen atoms in total. The van der Waals surface area contributed by atoms with Gasteiger partial charge in [0.05, 0.1) is 35.0 Å². The Morgan fingerprint density at radius 3 is 2.72 bits per heavy atom. The van der Waals surface area contributed by atoms with Crippen molar-refractivity contribution in [1.29, 1.82) is 0 Å². The van der Waals surface area contributed by atoms with E-state index >= 15 is 0 Å². The highest BCUT2D eigenvalue weighted by Gasteiger charge is 2.52. The molecule has 5 aromatic rings. The molecule has 2 aliphatic rings. The molecule has 2 fully saturated rings. The molecule has 0 aliphatic carbocycles. The fourth-order valence-electron chi connectivity index (χ4n) is 6.57. The number of piperazine rings is 1. The molecule has 2 aromatic heterocycles. The largest absolute Gasteiger partial charge is 0.375 e. The first kappa shape index (κ1) is 30.6. The standard InChI is InChI=1S/C33H34FN9O3S/c1-19(2)43(33(46)36-14-20-6-9-24(34)10-7-20)41-18-29(44)42-26(13-21-8-11-25-23(12-21)15-37-39-25)31(45)40(17-28(41)42)16-22-4-3-5-27-30(22)38-32(35)47-27/h3-12,15,19,26,28H,13-14,16-18H2,1-2H3,(H2,35,38)(H,36,46)(H,37,39)/t26-,28+/m0/s1. The Morgan fingerprint density at radius 2 is 1.94 bits per heavy atom. The molecule has 2 saturated heterocycles. The first-order valence-corrected chi connectivity index (χ1v) is 16.2. The number of aromatic nitrogens is 3. The maximum atomic E-state index is 14.3. The number of H-pyrrole nitrogens is 1. The van der Waals surface area contributed by atoms with Gasteiger partial charge in [0, 0.05) is 30.9 Å². The Balaban J connectivity index is 1.21. The summed E-state index contributed by atoms with van der Waals surface area (Å²) in [5.41, 5.74) is 10.1. The molecule has 4 amide bonds. The van der Waals surface area contributed by atoms with Gasteiger partial charge in [-0.2, -0.15) is 10.1 Å². The summed E-state index contributed by atoms with van der Waals surface area (Å²) in [5.74, 6) is -0.769. The number of aromatic amines is 1. The normalized spacial score (nSPS) is 18.5. The number of carbonyl (C=O) groups is 3. The van der Waals surface area contributed by atoms with Crippen LogP contribution >= 0.6 is 11.3 Å². The van der Waals surface area contributed by atoms with Crippen LogP contribution in [0.4, 0.5) is 14.3 Å². The third-order valence-electron chi connectivity index (χ3n) is 8.71. The number of anilines is 1. The number of fused-ring (bicyclic) bond motifs is 3. The molecule has 3 aromatic carbocycles. The number of hydrogen-bond donors (Lipinski definition) is 3. The average molecular weight is 656 g/mol. The SMILES string of the molecule is CC(C)N(C(=O)NCc1ccc(F)cc1)N1CC(=O)N2[C@@H](Cc3ccc4[nH]ncc4c3)C(=O)N(Cc3cccc4sc(N)nc34)C[C@@H]21. The van der Waals surface area contributed by atoms with Gasteiger partial charge >= 0.3 is 6.03 Å². The Bertz CT molecular complexity index is 1980. The number of carbonyl (C=O) groups excluding carboxylic acids is 3. The van der Waals surface area contributed by atoms with E-state index in [0.29, 0.717) is 11.6 Å². The van der Waals surface area contributed by atoms with Crippen LogP contribution in [0.15, 0.2) is 66.9 Å². The third kappa shape index (κ3) is 5.85. The van der Waals surface area contributed by atoms with Crippen LogP contribution in [0.25, 0.3) is 21.1 Å². The number of hydrogen-bond acceptors (Lipinski definition) is 8. The highest BCUT2D eigenvalue weighted by atomic mass is 32.1. The molecule has 242 valence electrons. The average Bonchev–Trinajstić information content (AvgIpc) is 3.75. The lowest BCUT2D eigenvalue weighted by Gasteiger charge is -2.47. The number of nitrogen functional groups attached to an aromatic ring is 1. The summed E-state index contributed by atoms with van der Waals surface area (Å²) in [6, 6.07) is 16.0. The summed E-state index contributed by atoms with van der Waals surface area (Å²) in [6.45, 7) is 4.32. The number of nitrogens with two attached hydrogens (primary N) is 1. The van der Waals surface area contributed by atoms with Crippen molar-refractivity contribution in [2.45, 2.75) is 51.6 Å². The molecule has 0 unspecified atom stereocenters. The van der Waals surface area contributed by atoms with E-state index in [0.717, 1.165) is 37.8 Å². The zero-order valence-electron chi connectivity index (χ0n) is 25.9. The van der Waals surface area contributed by atoms with Gasteiger partial charge < -0.3 is 20.9 Å². The number of halogens is 1. The van der Waals surface area contributed by atoms with Gasteiger partial charge in [-0.1, -0.05) is 41.7 Å². The topological polar surface area (TPSA) is 144 Å². The van der Waals surface area contributed by atoms with Crippen molar-refractivity contribution in [2.75, 3.05) is 18.8 Å². The molecule has 4 heterocycles. The molecular weight excluding hydrogens is 621 g/mol. The number of urea groups is 1. The summed E-state index contributed by atoms with van der Waals surface area (Å²) >= 11 is 1.39. The Kier molecular flexibility index (Phi) is 7.98. The van der Waals surface area contributed by atoms with Crippen LogP contribution in [-0.4, -0.2) is 84.2 Å².